The summed E-state index contributed by atoms with van der Waals surface area (Å²) in [5.41, 5.74) is 0.561. The van der Waals surface area contributed by atoms with Crippen LogP contribution in [-0.2, 0) is 11.3 Å². The first-order chi connectivity index (χ1) is 8.24. The Morgan fingerprint density at radius 2 is 1.53 bits per heavy atom. The van der Waals surface area contributed by atoms with E-state index in [2.05, 4.69) is 4.72 Å². The second kappa shape index (κ2) is 5.47. The van der Waals surface area contributed by atoms with Crippen LogP contribution in [0.15, 0.2) is 54.6 Å². The SMILES string of the molecule is O=S(O)Nc1ccc(Oc2ccccc2)cc1. The second-order valence-electron chi connectivity index (χ2n) is 3.29. The number of rotatable bonds is 4. The highest BCUT2D eigenvalue weighted by molar-refractivity contribution is 7.80. The van der Waals surface area contributed by atoms with Crippen molar-refractivity contribution in [3.8, 4) is 11.5 Å². The third kappa shape index (κ3) is 3.58. The monoisotopic (exact) mass is 249 g/mol. The predicted octanol–water partition coefficient (Wildman–Crippen LogP) is 3.03. The highest BCUT2D eigenvalue weighted by atomic mass is 32.2. The molecule has 5 heteroatoms. The summed E-state index contributed by atoms with van der Waals surface area (Å²) in [4.78, 5) is 0. The molecular formula is C12H11NO3S. The van der Waals surface area contributed by atoms with Crippen molar-refractivity contribution in [3.05, 3.63) is 54.6 Å². The summed E-state index contributed by atoms with van der Waals surface area (Å²) >= 11 is -2.05. The minimum atomic E-state index is -2.05. The molecule has 0 saturated heterocycles. The summed E-state index contributed by atoms with van der Waals surface area (Å²) in [5, 5.41) is 0. The molecule has 2 aromatic rings. The Labute approximate surface area is 102 Å². The molecule has 0 fully saturated rings. The van der Waals surface area contributed by atoms with Crippen molar-refractivity contribution < 1.29 is 13.5 Å². The molecule has 0 heterocycles. The van der Waals surface area contributed by atoms with Gasteiger partial charge in [-0.05, 0) is 36.4 Å². The maximum atomic E-state index is 10.5. The average molecular weight is 249 g/mol. The zero-order valence-corrected chi connectivity index (χ0v) is 9.68. The lowest BCUT2D eigenvalue weighted by Gasteiger charge is -2.06. The number of ether oxygens (including phenoxy) is 1. The topological polar surface area (TPSA) is 58.6 Å². The molecule has 1 atom stereocenters. The molecule has 4 nitrogen and oxygen atoms in total. The van der Waals surface area contributed by atoms with E-state index >= 15 is 0 Å². The zero-order chi connectivity index (χ0) is 12.1. The summed E-state index contributed by atoms with van der Waals surface area (Å²) in [6.07, 6.45) is 0. The fourth-order valence-electron chi connectivity index (χ4n) is 1.32. The molecule has 0 spiro atoms. The van der Waals surface area contributed by atoms with Crippen LogP contribution in [0.5, 0.6) is 11.5 Å². The van der Waals surface area contributed by atoms with Gasteiger partial charge in [-0.25, -0.2) is 4.21 Å². The smallest absolute Gasteiger partial charge is 0.259 e. The van der Waals surface area contributed by atoms with Crippen LogP contribution in [0.4, 0.5) is 5.69 Å². The van der Waals surface area contributed by atoms with Gasteiger partial charge in [0.05, 0.1) is 0 Å². The van der Waals surface area contributed by atoms with Crippen LogP contribution in [0.1, 0.15) is 0 Å². The lowest BCUT2D eigenvalue weighted by atomic mass is 10.3. The van der Waals surface area contributed by atoms with E-state index in [-0.39, 0.29) is 0 Å². The van der Waals surface area contributed by atoms with Crippen molar-refractivity contribution in [2.75, 3.05) is 4.72 Å². The molecule has 0 aliphatic rings. The third-order valence-corrected chi connectivity index (χ3v) is 2.45. The highest BCUT2D eigenvalue weighted by Crippen LogP contribution is 2.22. The molecule has 0 bridgehead atoms. The fourth-order valence-corrected chi connectivity index (χ4v) is 1.65. The first kappa shape index (κ1) is 11.6. The Morgan fingerprint density at radius 3 is 2.12 bits per heavy atom. The van der Waals surface area contributed by atoms with Crippen molar-refractivity contribution >= 4 is 17.0 Å². The Balaban J connectivity index is 2.06. The maximum Gasteiger partial charge on any atom is 0.259 e. The van der Waals surface area contributed by atoms with E-state index in [1.165, 1.54) is 0 Å². The molecule has 1 unspecified atom stereocenters. The molecule has 0 aliphatic carbocycles. The minimum Gasteiger partial charge on any atom is -0.457 e. The second-order valence-corrected chi connectivity index (χ2v) is 3.99. The normalized spacial score (nSPS) is 11.8. The largest absolute Gasteiger partial charge is 0.457 e. The van der Waals surface area contributed by atoms with Crippen molar-refractivity contribution in [3.63, 3.8) is 0 Å². The third-order valence-electron chi connectivity index (χ3n) is 2.04. The predicted molar refractivity (Wildman–Crippen MR) is 67.4 cm³/mol. The minimum absolute atomic E-state index is 0.561. The van der Waals surface area contributed by atoms with Crippen LogP contribution in [0.3, 0.4) is 0 Å². The van der Waals surface area contributed by atoms with Gasteiger partial charge in [0.15, 0.2) is 0 Å². The van der Waals surface area contributed by atoms with Gasteiger partial charge in [-0.15, -0.1) is 0 Å². The van der Waals surface area contributed by atoms with E-state index in [1.54, 1.807) is 24.3 Å². The van der Waals surface area contributed by atoms with Crippen LogP contribution >= 0.6 is 0 Å². The summed E-state index contributed by atoms with van der Waals surface area (Å²) in [6.45, 7) is 0. The van der Waals surface area contributed by atoms with Crippen LogP contribution in [0.2, 0.25) is 0 Å². The molecule has 17 heavy (non-hydrogen) atoms. The molecule has 2 rings (SSSR count). The van der Waals surface area contributed by atoms with Gasteiger partial charge in [0.2, 0.25) is 0 Å². The van der Waals surface area contributed by atoms with Crippen molar-refractivity contribution in [1.82, 2.24) is 0 Å². The Morgan fingerprint density at radius 1 is 0.941 bits per heavy atom. The Hall–Kier alpha value is -1.85. The number of anilines is 1. The summed E-state index contributed by atoms with van der Waals surface area (Å²) in [5.74, 6) is 1.42. The molecule has 0 radical (unpaired) electrons. The number of hydrogen-bond donors (Lipinski definition) is 2. The molecule has 2 aromatic carbocycles. The standard InChI is InChI=1S/C12H11NO3S/c14-17(15)13-10-6-8-12(9-7-10)16-11-4-2-1-3-5-11/h1-9,13H,(H,14,15). The van der Waals surface area contributed by atoms with Crippen molar-refractivity contribution in [2.24, 2.45) is 0 Å². The van der Waals surface area contributed by atoms with Gasteiger partial charge in [-0.1, -0.05) is 18.2 Å². The quantitative estimate of drug-likeness (QED) is 0.819. The van der Waals surface area contributed by atoms with Gasteiger partial charge in [-0.2, -0.15) is 0 Å². The summed E-state index contributed by atoms with van der Waals surface area (Å²) in [6, 6.07) is 16.2. The highest BCUT2D eigenvalue weighted by Gasteiger charge is 1.98. The molecule has 88 valence electrons. The number of hydrogen-bond acceptors (Lipinski definition) is 2. The van der Waals surface area contributed by atoms with Crippen molar-refractivity contribution in [1.29, 1.82) is 0 Å². The maximum absolute atomic E-state index is 10.5. The van der Waals surface area contributed by atoms with Crippen molar-refractivity contribution in [2.45, 2.75) is 0 Å². The van der Waals surface area contributed by atoms with Gasteiger partial charge in [-0.3, -0.25) is 9.27 Å². The lowest BCUT2D eigenvalue weighted by Crippen LogP contribution is -2.01. The molecule has 0 aromatic heterocycles. The Kier molecular flexibility index (Phi) is 3.74. The van der Waals surface area contributed by atoms with Gasteiger partial charge in [0.25, 0.3) is 11.3 Å². The molecular weight excluding hydrogens is 238 g/mol. The van der Waals surface area contributed by atoms with E-state index in [9.17, 15) is 4.21 Å². The molecule has 0 aliphatic heterocycles. The first-order valence-corrected chi connectivity index (χ1v) is 6.05. The Bertz CT molecular complexity index is 499. The number of para-hydroxylation sites is 1. The number of benzene rings is 2. The van der Waals surface area contributed by atoms with Crippen LogP contribution < -0.4 is 9.46 Å². The van der Waals surface area contributed by atoms with Crippen LogP contribution in [0.25, 0.3) is 0 Å². The van der Waals surface area contributed by atoms with E-state index < -0.39 is 11.3 Å². The van der Waals surface area contributed by atoms with Gasteiger partial charge >= 0.3 is 0 Å². The van der Waals surface area contributed by atoms with Gasteiger partial charge in [0, 0.05) is 5.69 Å². The first-order valence-electron chi connectivity index (χ1n) is 4.94. The zero-order valence-electron chi connectivity index (χ0n) is 8.87. The number of nitrogens with one attached hydrogen (secondary N) is 1. The fraction of sp³-hybridized carbons (Fsp3) is 0. The van der Waals surface area contributed by atoms with E-state index in [4.69, 9.17) is 9.29 Å². The summed E-state index contributed by atoms with van der Waals surface area (Å²) < 4.78 is 27.1. The molecule has 0 saturated carbocycles. The van der Waals surface area contributed by atoms with E-state index in [0.717, 1.165) is 5.75 Å². The van der Waals surface area contributed by atoms with Gasteiger partial charge in [0.1, 0.15) is 11.5 Å². The average Bonchev–Trinajstić information content (AvgIpc) is 2.32. The van der Waals surface area contributed by atoms with E-state index in [0.29, 0.717) is 11.4 Å². The van der Waals surface area contributed by atoms with Crippen LogP contribution in [-0.4, -0.2) is 8.76 Å². The molecule has 0 amide bonds. The molecule has 2 N–H and O–H groups in total. The van der Waals surface area contributed by atoms with Crippen LogP contribution in [0, 0.1) is 0 Å². The lowest BCUT2D eigenvalue weighted by molar-refractivity contribution is 0.483. The van der Waals surface area contributed by atoms with E-state index in [1.807, 2.05) is 30.3 Å². The summed E-state index contributed by atoms with van der Waals surface area (Å²) in [7, 11) is 0. The van der Waals surface area contributed by atoms with Gasteiger partial charge < -0.3 is 4.74 Å².